The van der Waals surface area contributed by atoms with E-state index in [1.54, 1.807) is 11.8 Å². The van der Waals surface area contributed by atoms with E-state index in [1.165, 1.54) is 0 Å². The standard InChI is InChI=1S/C15H27NO3/c1-10(7-15(3,4)5)6-13(17)16-8-12(9-16)11(2)14(18)19/h10-12H,6-9H2,1-5H3,(H,18,19). The number of likely N-dealkylation sites (tertiary alicyclic amines) is 1. The van der Waals surface area contributed by atoms with Crippen LogP contribution in [0.4, 0.5) is 0 Å². The first-order valence-electron chi connectivity index (χ1n) is 7.10. The van der Waals surface area contributed by atoms with Gasteiger partial charge in [0.25, 0.3) is 0 Å². The monoisotopic (exact) mass is 269 g/mol. The van der Waals surface area contributed by atoms with Crippen molar-refractivity contribution in [3.8, 4) is 0 Å². The Labute approximate surface area is 116 Å². The lowest BCUT2D eigenvalue weighted by Gasteiger charge is -2.41. The van der Waals surface area contributed by atoms with Crippen LogP contribution in [-0.2, 0) is 9.59 Å². The lowest BCUT2D eigenvalue weighted by Crippen LogP contribution is -2.53. The fourth-order valence-corrected chi connectivity index (χ4v) is 2.78. The second kappa shape index (κ2) is 5.93. The highest BCUT2D eigenvalue weighted by Crippen LogP contribution is 2.29. The van der Waals surface area contributed by atoms with E-state index < -0.39 is 5.97 Å². The fraction of sp³-hybridized carbons (Fsp3) is 0.867. The van der Waals surface area contributed by atoms with Gasteiger partial charge in [-0.3, -0.25) is 9.59 Å². The predicted octanol–water partition coefficient (Wildman–Crippen LogP) is 2.63. The molecule has 19 heavy (non-hydrogen) atoms. The zero-order valence-corrected chi connectivity index (χ0v) is 12.8. The maximum absolute atomic E-state index is 12.0. The minimum absolute atomic E-state index is 0.124. The highest BCUT2D eigenvalue weighted by Gasteiger charge is 2.37. The van der Waals surface area contributed by atoms with Crippen LogP contribution in [0.15, 0.2) is 0 Å². The largest absolute Gasteiger partial charge is 0.481 e. The Hall–Kier alpha value is -1.06. The van der Waals surface area contributed by atoms with Crippen molar-refractivity contribution in [1.82, 2.24) is 4.90 Å². The molecule has 0 aromatic heterocycles. The van der Waals surface area contributed by atoms with Crippen molar-refractivity contribution in [2.45, 2.75) is 47.5 Å². The molecule has 0 bridgehead atoms. The highest BCUT2D eigenvalue weighted by atomic mass is 16.4. The first kappa shape index (κ1) is 16.0. The van der Waals surface area contributed by atoms with E-state index in [9.17, 15) is 9.59 Å². The Balaban J connectivity index is 2.32. The van der Waals surface area contributed by atoms with Gasteiger partial charge in [-0.2, -0.15) is 0 Å². The lowest BCUT2D eigenvalue weighted by molar-refractivity contribution is -0.151. The van der Waals surface area contributed by atoms with Gasteiger partial charge in [-0.1, -0.05) is 34.6 Å². The molecule has 1 rings (SSSR count). The molecule has 1 fully saturated rings. The summed E-state index contributed by atoms with van der Waals surface area (Å²) in [4.78, 5) is 24.7. The van der Waals surface area contributed by atoms with Gasteiger partial charge >= 0.3 is 5.97 Å². The Morgan fingerprint density at radius 2 is 1.79 bits per heavy atom. The number of amides is 1. The minimum atomic E-state index is -0.766. The molecule has 0 aromatic carbocycles. The maximum Gasteiger partial charge on any atom is 0.306 e. The van der Waals surface area contributed by atoms with E-state index in [1.807, 2.05) is 0 Å². The predicted molar refractivity (Wildman–Crippen MR) is 74.7 cm³/mol. The van der Waals surface area contributed by atoms with Gasteiger partial charge in [0.2, 0.25) is 5.91 Å². The van der Waals surface area contributed by atoms with E-state index in [0.29, 0.717) is 25.4 Å². The molecule has 110 valence electrons. The molecular formula is C15H27NO3. The van der Waals surface area contributed by atoms with Crippen LogP contribution in [0.2, 0.25) is 0 Å². The average molecular weight is 269 g/mol. The van der Waals surface area contributed by atoms with Crippen molar-refractivity contribution in [1.29, 1.82) is 0 Å². The second-order valence-corrected chi connectivity index (χ2v) is 7.26. The number of hydrogen-bond donors (Lipinski definition) is 1. The van der Waals surface area contributed by atoms with E-state index >= 15 is 0 Å². The van der Waals surface area contributed by atoms with E-state index in [0.717, 1.165) is 6.42 Å². The molecule has 1 saturated heterocycles. The molecule has 2 unspecified atom stereocenters. The SMILES string of the molecule is CC(CC(=O)N1CC(C(C)C(=O)O)C1)CC(C)(C)C. The van der Waals surface area contributed by atoms with Gasteiger partial charge in [-0.05, 0) is 17.8 Å². The summed E-state index contributed by atoms with van der Waals surface area (Å²) in [6, 6.07) is 0. The third kappa shape index (κ3) is 4.84. The van der Waals surface area contributed by atoms with Crippen molar-refractivity contribution in [2.75, 3.05) is 13.1 Å². The van der Waals surface area contributed by atoms with Gasteiger partial charge in [0.05, 0.1) is 5.92 Å². The molecule has 0 aliphatic carbocycles. The summed E-state index contributed by atoms with van der Waals surface area (Å²) in [6.07, 6.45) is 1.60. The first-order chi connectivity index (χ1) is 8.60. The van der Waals surface area contributed by atoms with Crippen LogP contribution in [0.1, 0.15) is 47.5 Å². The molecule has 1 aliphatic heterocycles. The molecule has 0 saturated carbocycles. The molecule has 0 spiro atoms. The van der Waals surface area contributed by atoms with E-state index in [-0.39, 0.29) is 23.2 Å². The molecule has 1 amide bonds. The Kier molecular flexibility index (Phi) is 4.99. The number of carboxylic acids is 1. The number of nitrogens with zero attached hydrogens (tertiary/aromatic N) is 1. The van der Waals surface area contributed by atoms with Crippen LogP contribution in [0.25, 0.3) is 0 Å². The van der Waals surface area contributed by atoms with Crippen LogP contribution in [0, 0.1) is 23.2 Å². The normalized spacial score (nSPS) is 19.7. The van der Waals surface area contributed by atoms with Crippen molar-refractivity contribution in [2.24, 2.45) is 23.2 Å². The number of carbonyl (C=O) groups excluding carboxylic acids is 1. The number of carboxylic acid groups (broad SMARTS) is 1. The Bertz CT molecular complexity index is 340. The zero-order chi connectivity index (χ0) is 14.8. The van der Waals surface area contributed by atoms with Gasteiger partial charge in [0, 0.05) is 25.4 Å². The summed E-state index contributed by atoms with van der Waals surface area (Å²) in [5.74, 6) is -0.442. The van der Waals surface area contributed by atoms with Gasteiger partial charge < -0.3 is 10.0 Å². The van der Waals surface area contributed by atoms with Crippen LogP contribution in [0.3, 0.4) is 0 Å². The van der Waals surface area contributed by atoms with Crippen LogP contribution in [0.5, 0.6) is 0 Å². The Morgan fingerprint density at radius 1 is 1.26 bits per heavy atom. The number of rotatable bonds is 5. The Morgan fingerprint density at radius 3 is 2.21 bits per heavy atom. The third-order valence-corrected chi connectivity index (χ3v) is 3.84. The molecule has 1 heterocycles. The van der Waals surface area contributed by atoms with E-state index in [2.05, 4.69) is 27.7 Å². The van der Waals surface area contributed by atoms with Gasteiger partial charge in [-0.25, -0.2) is 0 Å². The van der Waals surface area contributed by atoms with Gasteiger partial charge in [-0.15, -0.1) is 0 Å². The van der Waals surface area contributed by atoms with Crippen LogP contribution >= 0.6 is 0 Å². The molecule has 1 N–H and O–H groups in total. The second-order valence-electron chi connectivity index (χ2n) is 7.26. The molecule has 1 aliphatic rings. The smallest absolute Gasteiger partial charge is 0.306 e. The summed E-state index contributed by atoms with van der Waals surface area (Å²) < 4.78 is 0. The summed E-state index contributed by atoms with van der Waals surface area (Å²) in [5, 5.41) is 8.91. The van der Waals surface area contributed by atoms with E-state index in [4.69, 9.17) is 5.11 Å². The summed E-state index contributed by atoms with van der Waals surface area (Å²) >= 11 is 0. The van der Waals surface area contributed by atoms with Crippen molar-refractivity contribution >= 4 is 11.9 Å². The molecule has 2 atom stereocenters. The minimum Gasteiger partial charge on any atom is -0.481 e. The van der Waals surface area contributed by atoms with Crippen molar-refractivity contribution in [3.63, 3.8) is 0 Å². The average Bonchev–Trinajstić information content (AvgIpc) is 2.10. The molecular weight excluding hydrogens is 242 g/mol. The number of carbonyl (C=O) groups is 2. The van der Waals surface area contributed by atoms with Crippen LogP contribution < -0.4 is 0 Å². The van der Waals surface area contributed by atoms with Gasteiger partial charge in [0.15, 0.2) is 0 Å². The molecule has 0 aromatic rings. The number of aliphatic carboxylic acids is 1. The molecule has 0 radical (unpaired) electrons. The maximum atomic E-state index is 12.0. The topological polar surface area (TPSA) is 57.6 Å². The van der Waals surface area contributed by atoms with Gasteiger partial charge in [0.1, 0.15) is 0 Å². The third-order valence-electron chi connectivity index (χ3n) is 3.84. The number of hydrogen-bond acceptors (Lipinski definition) is 2. The summed E-state index contributed by atoms with van der Waals surface area (Å²) in [7, 11) is 0. The first-order valence-corrected chi connectivity index (χ1v) is 7.10. The van der Waals surface area contributed by atoms with Crippen molar-refractivity contribution < 1.29 is 14.7 Å². The van der Waals surface area contributed by atoms with Crippen molar-refractivity contribution in [3.05, 3.63) is 0 Å². The summed E-state index contributed by atoms with van der Waals surface area (Å²) in [5.41, 5.74) is 0.245. The molecule has 4 nitrogen and oxygen atoms in total. The highest BCUT2D eigenvalue weighted by molar-refractivity contribution is 5.78. The quantitative estimate of drug-likeness (QED) is 0.834. The summed E-state index contributed by atoms with van der Waals surface area (Å²) in [6.45, 7) is 11.6. The van der Waals surface area contributed by atoms with Crippen LogP contribution in [-0.4, -0.2) is 35.0 Å². The molecule has 4 heteroatoms. The zero-order valence-electron chi connectivity index (χ0n) is 12.8. The lowest BCUT2D eigenvalue weighted by atomic mass is 9.83. The fourth-order valence-electron chi connectivity index (χ4n) is 2.78.